The fourth-order valence-corrected chi connectivity index (χ4v) is 6.10. The van der Waals surface area contributed by atoms with Crippen LogP contribution in [0.4, 0.5) is 34.1 Å². The van der Waals surface area contributed by atoms with Crippen molar-refractivity contribution in [3.05, 3.63) is 135 Å². The molecule has 7 rings (SSSR count). The van der Waals surface area contributed by atoms with Crippen LogP contribution < -0.4 is 29.6 Å². The predicted octanol–water partition coefficient (Wildman–Crippen LogP) is 6.66. The van der Waals surface area contributed by atoms with E-state index in [4.69, 9.17) is 0 Å². The van der Waals surface area contributed by atoms with E-state index in [0.717, 1.165) is 35.0 Å². The zero-order valence-electron chi connectivity index (χ0n) is 29.6. The Morgan fingerprint density at radius 2 is 0.964 bits per heavy atom. The summed E-state index contributed by atoms with van der Waals surface area (Å²) in [6.07, 6.45) is 0. The van der Waals surface area contributed by atoms with E-state index in [1.165, 1.54) is 30.3 Å². The van der Waals surface area contributed by atoms with Crippen LogP contribution in [0.2, 0.25) is 0 Å². The van der Waals surface area contributed by atoms with Crippen molar-refractivity contribution < 1.29 is 91.0 Å². The molecule has 0 amide bonds. The van der Waals surface area contributed by atoms with Crippen molar-refractivity contribution >= 4 is 76.6 Å². The van der Waals surface area contributed by atoms with Crippen LogP contribution in [-0.4, -0.2) is 43.2 Å². The second-order valence-corrected chi connectivity index (χ2v) is 12.7. The zero-order valence-corrected chi connectivity index (χ0v) is 32.4. The van der Waals surface area contributed by atoms with Crippen LogP contribution >= 0.6 is 0 Å². The third-order valence-corrected chi connectivity index (χ3v) is 8.85. The number of azo groups is 2. The Hall–Kier alpha value is -6.06. The van der Waals surface area contributed by atoms with Gasteiger partial charge in [0, 0.05) is 68.7 Å². The summed E-state index contributed by atoms with van der Waals surface area (Å²) in [6.45, 7) is 0. The van der Waals surface area contributed by atoms with Gasteiger partial charge in [-0.25, -0.2) is 0 Å². The maximum absolute atomic E-state index is 11.7. The van der Waals surface area contributed by atoms with Crippen molar-refractivity contribution in [2.45, 2.75) is 4.90 Å². The molecule has 0 aliphatic carbocycles. The minimum absolute atomic E-state index is 0. The van der Waals surface area contributed by atoms with Gasteiger partial charge in [0.1, 0.15) is 50.6 Å². The average Bonchev–Trinajstić information content (AvgIpc) is 3.14. The summed E-state index contributed by atoms with van der Waals surface area (Å²) in [4.78, 5) is 19.9. The van der Waals surface area contributed by atoms with Crippen LogP contribution in [0, 0.1) is 20.2 Å². The van der Waals surface area contributed by atoms with Gasteiger partial charge in [0.2, 0.25) is 0 Å². The largest absolute Gasteiger partial charge is 1.00 e. The van der Waals surface area contributed by atoms with E-state index in [0.29, 0.717) is 10.8 Å². The number of fused-ring (bicyclic) bond motifs is 3. The van der Waals surface area contributed by atoms with Gasteiger partial charge < -0.3 is 20.4 Å². The molecular weight excluding hydrogens is 806 g/mol. The SMILES string of the molecule is O=[N+]([O-])c1ccc(O)c(N=Nc2c(O)ccc3ccccc23)c1.O=[N+]([O-])c1ccc2c(N=Nc3c(O)ccc4ccccc34)c(O)cc(S(=O)(=O)O)c2c1.[Co].[H+].[Na+]. The second-order valence-electron chi connectivity index (χ2n) is 11.3. The number of phenolic OH excluding ortho intramolecular Hbond substituents is 4. The van der Waals surface area contributed by atoms with Crippen molar-refractivity contribution in [2.75, 3.05) is 0 Å². The molecule has 0 spiro atoms. The summed E-state index contributed by atoms with van der Waals surface area (Å²) in [5.74, 6) is -1.11. The molecule has 0 fully saturated rings. The molecule has 0 saturated heterocycles. The Morgan fingerprint density at radius 1 is 0.518 bits per heavy atom. The van der Waals surface area contributed by atoms with Gasteiger partial charge in [-0.2, -0.15) is 8.42 Å². The molecule has 7 aromatic carbocycles. The van der Waals surface area contributed by atoms with Gasteiger partial charge in [-0.1, -0.05) is 60.7 Å². The Balaban J connectivity index is 0.000000301. The third kappa shape index (κ3) is 9.06. The second kappa shape index (κ2) is 17.6. The monoisotopic (exact) mass is 831 g/mol. The van der Waals surface area contributed by atoms with Crippen LogP contribution in [0.5, 0.6) is 23.0 Å². The Labute approximate surface area is 349 Å². The first-order chi connectivity index (χ1) is 25.7. The molecule has 0 saturated carbocycles. The van der Waals surface area contributed by atoms with Gasteiger partial charge in [-0.05, 0) is 35.0 Å². The van der Waals surface area contributed by atoms with Gasteiger partial charge in [0.25, 0.3) is 21.5 Å². The molecule has 1 radical (unpaired) electrons. The summed E-state index contributed by atoms with van der Waals surface area (Å²) < 4.78 is 33.0. The van der Waals surface area contributed by atoms with Crippen LogP contribution in [0.1, 0.15) is 1.43 Å². The number of rotatable bonds is 7. The van der Waals surface area contributed by atoms with Crippen molar-refractivity contribution in [3.8, 4) is 23.0 Å². The van der Waals surface area contributed by atoms with Crippen LogP contribution in [0.15, 0.2) is 141 Å². The van der Waals surface area contributed by atoms with E-state index >= 15 is 0 Å². The molecule has 7 aromatic rings. The molecule has 0 atom stereocenters. The van der Waals surface area contributed by atoms with E-state index in [9.17, 15) is 53.6 Å². The number of nitro benzene ring substituents is 2. The maximum Gasteiger partial charge on any atom is 1.00 e. The fraction of sp³-hybridized carbons (Fsp3) is 0. The van der Waals surface area contributed by atoms with Crippen LogP contribution in [-0.2, 0) is 26.9 Å². The van der Waals surface area contributed by atoms with E-state index in [2.05, 4.69) is 20.5 Å². The molecule has 20 heteroatoms. The normalized spacial score (nSPS) is 11.2. The van der Waals surface area contributed by atoms with Crippen molar-refractivity contribution in [1.82, 2.24) is 0 Å². The number of nitro groups is 2. The van der Waals surface area contributed by atoms with E-state index < -0.39 is 36.3 Å². The number of hydrogen-bond acceptors (Lipinski definition) is 14. The topological polar surface area (TPSA) is 271 Å². The molecule has 17 nitrogen and oxygen atoms in total. The molecule has 279 valence electrons. The number of benzene rings is 7. The summed E-state index contributed by atoms with van der Waals surface area (Å²) >= 11 is 0. The Morgan fingerprint density at radius 3 is 1.48 bits per heavy atom. The van der Waals surface area contributed by atoms with Gasteiger partial charge in [0.05, 0.1) is 9.85 Å². The summed E-state index contributed by atoms with van der Waals surface area (Å²) in [6, 6.07) is 28.2. The van der Waals surface area contributed by atoms with E-state index in [1.807, 2.05) is 12.1 Å². The number of phenols is 4. The number of hydrogen-bond donors (Lipinski definition) is 5. The van der Waals surface area contributed by atoms with E-state index in [-0.39, 0.29) is 104 Å². The summed E-state index contributed by atoms with van der Waals surface area (Å²) in [7, 11) is -4.81. The minimum Gasteiger partial charge on any atom is -0.506 e. The van der Waals surface area contributed by atoms with Crippen LogP contribution in [0.25, 0.3) is 32.3 Å². The van der Waals surface area contributed by atoms with Gasteiger partial charge in [0.15, 0.2) is 0 Å². The first-order valence-electron chi connectivity index (χ1n) is 15.4. The van der Waals surface area contributed by atoms with Crippen LogP contribution in [0.3, 0.4) is 0 Å². The first kappa shape index (κ1) is 42.7. The summed E-state index contributed by atoms with van der Waals surface area (Å²) in [5, 5.41) is 80.7. The molecular formula is C36H25CoN6NaO11S+2. The smallest absolute Gasteiger partial charge is 0.506 e. The predicted molar refractivity (Wildman–Crippen MR) is 198 cm³/mol. The number of non-ortho nitro benzene ring substituents is 2. The standard InChI is InChI=1S/C20H13N3O7S.C16H11N3O4.Co.Na/c24-16-8-5-11-3-1-2-4-13(11)19(16)21-22-20-14-7-6-12(23(26)27)9-15(14)18(10-17(20)25)31(28,29)30;20-14-8-6-11(19(22)23)9-13(14)17-18-16-12-4-2-1-3-10(12)5-7-15(16)21;;/h1-10,24-25H,(H,28,29,30);1-9,20-21H;;/q;;;+1/p+1. The Kier molecular flexibility index (Phi) is 13.4. The van der Waals surface area contributed by atoms with Crippen molar-refractivity contribution in [1.29, 1.82) is 0 Å². The molecule has 0 aromatic heterocycles. The molecule has 0 bridgehead atoms. The summed E-state index contributed by atoms with van der Waals surface area (Å²) in [5.41, 5.74) is -0.520. The third-order valence-electron chi connectivity index (χ3n) is 7.96. The van der Waals surface area contributed by atoms with Crippen molar-refractivity contribution in [2.24, 2.45) is 20.5 Å². The number of aromatic hydroxyl groups is 4. The first-order valence-corrected chi connectivity index (χ1v) is 16.8. The van der Waals surface area contributed by atoms with E-state index in [1.54, 1.807) is 48.5 Å². The molecule has 5 N–H and O–H groups in total. The molecule has 0 aliphatic rings. The maximum atomic E-state index is 11.7. The van der Waals surface area contributed by atoms with Gasteiger partial charge in [-0.15, -0.1) is 20.5 Å². The van der Waals surface area contributed by atoms with Crippen molar-refractivity contribution in [3.63, 3.8) is 0 Å². The molecule has 56 heavy (non-hydrogen) atoms. The van der Waals surface area contributed by atoms with Gasteiger partial charge in [-0.3, -0.25) is 24.8 Å². The fourth-order valence-electron chi connectivity index (χ4n) is 5.39. The number of nitrogens with zero attached hydrogens (tertiary/aromatic N) is 6. The zero-order chi connectivity index (χ0) is 38.7. The molecule has 0 unspecified atom stereocenters. The average molecular weight is 832 g/mol. The molecule has 0 heterocycles. The minimum atomic E-state index is -4.81. The van der Waals surface area contributed by atoms with Gasteiger partial charge >= 0.3 is 31.0 Å². The quantitative estimate of drug-likeness (QED) is 0.0372. The molecule has 0 aliphatic heterocycles. The Bertz CT molecular complexity index is 2850.